The van der Waals surface area contributed by atoms with Crippen LogP contribution in [0.3, 0.4) is 0 Å². The second-order valence-electron chi connectivity index (χ2n) is 13.7. The average molecular weight is 691 g/mol. The average Bonchev–Trinajstić information content (AvgIpc) is 3.85. The van der Waals surface area contributed by atoms with Crippen LogP contribution in [0.15, 0.2) is 48.5 Å². The van der Waals surface area contributed by atoms with Crippen molar-refractivity contribution in [3.8, 4) is 0 Å². The zero-order chi connectivity index (χ0) is 31.8. The fourth-order valence-corrected chi connectivity index (χ4v) is 6.95. The quantitative estimate of drug-likeness (QED) is 0.0907. The van der Waals surface area contributed by atoms with Crippen molar-refractivity contribution < 1.29 is 12.4 Å². The van der Waals surface area contributed by atoms with Gasteiger partial charge in [0.25, 0.3) is 0 Å². The Morgan fingerprint density at radius 2 is 0.896 bits per heavy atom. The summed E-state index contributed by atoms with van der Waals surface area (Å²) >= 11 is 0. The number of halogens is 2. The third-order valence-corrected chi connectivity index (χ3v) is 9.75. The second kappa shape index (κ2) is 22.0. The maximum absolute atomic E-state index is 5.12. The molecule has 4 nitrogen and oxygen atoms in total. The molecular weight excluding hydrogens is 631 g/mol. The first-order valence-corrected chi connectivity index (χ1v) is 18.7. The lowest BCUT2D eigenvalue weighted by Gasteiger charge is -2.06. The minimum absolute atomic E-state index is 0. The first kappa shape index (κ1) is 39.6. The van der Waals surface area contributed by atoms with Crippen molar-refractivity contribution >= 4 is 57.8 Å². The maximum Gasteiger partial charge on any atom is 0.0693 e. The second-order valence-corrected chi connectivity index (χ2v) is 13.7. The van der Waals surface area contributed by atoms with Crippen LogP contribution in [0, 0.1) is 0 Å². The van der Waals surface area contributed by atoms with E-state index < -0.39 is 0 Å². The Morgan fingerprint density at radius 1 is 0.479 bits per heavy atom. The van der Waals surface area contributed by atoms with Gasteiger partial charge >= 0.3 is 0 Å². The number of allylic oxidation sites excluding steroid dienone is 2. The highest BCUT2D eigenvalue weighted by atomic mass is 35.5. The van der Waals surface area contributed by atoms with Crippen molar-refractivity contribution in [1.82, 2.24) is 19.9 Å². The van der Waals surface area contributed by atoms with Gasteiger partial charge in [0.05, 0.1) is 22.8 Å². The Kier molecular flexibility index (Phi) is 18.2. The van der Waals surface area contributed by atoms with Crippen LogP contribution in [0.5, 0.6) is 0 Å². The first-order chi connectivity index (χ1) is 22.7. The Labute approximate surface area is 302 Å². The summed E-state index contributed by atoms with van der Waals surface area (Å²) in [6, 6.07) is 17.1. The van der Waals surface area contributed by atoms with E-state index in [0.717, 1.165) is 51.3 Å². The molecule has 5 rings (SSSR count). The molecule has 0 unspecified atom stereocenters. The van der Waals surface area contributed by atoms with Gasteiger partial charge in [-0.3, -0.25) is 0 Å². The molecule has 0 atom stereocenters. The summed E-state index contributed by atoms with van der Waals surface area (Å²) in [6.45, 7) is 4.54. The zero-order valence-corrected chi connectivity index (χ0v) is 31.2. The van der Waals surface area contributed by atoms with Crippen LogP contribution in [0.25, 0.3) is 45.4 Å². The summed E-state index contributed by atoms with van der Waals surface area (Å²) in [7, 11) is 0. The van der Waals surface area contributed by atoms with Gasteiger partial charge in [-0.2, -0.15) is 0 Å². The van der Waals surface area contributed by atoms with Gasteiger partial charge in [0.1, 0.15) is 0 Å². The highest BCUT2D eigenvalue weighted by Crippen LogP contribution is 2.34. The van der Waals surface area contributed by atoms with Crippen LogP contribution < -0.4 is 12.4 Å². The van der Waals surface area contributed by atoms with Crippen LogP contribution in [-0.2, 0) is 0 Å². The van der Waals surface area contributed by atoms with Crippen molar-refractivity contribution in [3.63, 3.8) is 0 Å². The molecule has 262 valence electrons. The van der Waals surface area contributed by atoms with Gasteiger partial charge in [0, 0.05) is 22.1 Å². The van der Waals surface area contributed by atoms with E-state index in [-0.39, 0.29) is 24.8 Å². The molecule has 0 aromatic carbocycles. The summed E-state index contributed by atoms with van der Waals surface area (Å²) in [6.07, 6.45) is 32.0. The highest BCUT2D eigenvalue weighted by Gasteiger charge is 2.17. The number of aromatic nitrogens is 4. The lowest BCUT2D eigenvalue weighted by molar-refractivity contribution is -0.00000996. The SMILES string of the molecule is CCCCCCCCCCCCCCCCCCCCCC1=C(C)c2cc3nc(cc4ccc(cc5ccc(cc1n2)[nH]5)[nH]4)C=C3.Cl.[Cl-]. The van der Waals surface area contributed by atoms with Gasteiger partial charge in [-0.25, -0.2) is 9.97 Å². The molecule has 0 spiro atoms. The van der Waals surface area contributed by atoms with E-state index in [1.165, 1.54) is 133 Å². The molecule has 6 heteroatoms. The van der Waals surface area contributed by atoms with Gasteiger partial charge in [-0.15, -0.1) is 12.4 Å². The summed E-state index contributed by atoms with van der Waals surface area (Å²) in [5, 5.41) is 0. The fraction of sp³-hybridized carbons (Fsp3) is 0.524. The van der Waals surface area contributed by atoms with Crippen LogP contribution >= 0.6 is 12.4 Å². The van der Waals surface area contributed by atoms with Crippen molar-refractivity contribution in [2.24, 2.45) is 0 Å². The Hall–Kier alpha value is -2.82. The Bertz CT molecular complexity index is 1600. The molecule has 2 aliphatic heterocycles. The molecule has 0 fully saturated rings. The normalized spacial score (nSPS) is 12.3. The number of nitrogens with zero attached hydrogens (tertiary/aromatic N) is 2. The van der Waals surface area contributed by atoms with Gasteiger partial charge in [0.2, 0.25) is 0 Å². The summed E-state index contributed by atoms with van der Waals surface area (Å²) < 4.78 is 0. The van der Waals surface area contributed by atoms with Crippen LogP contribution in [0.1, 0.15) is 165 Å². The molecule has 48 heavy (non-hydrogen) atoms. The molecule has 8 bridgehead atoms. The zero-order valence-electron chi connectivity index (χ0n) is 29.6. The molecular formula is C42H59Cl2N4-. The van der Waals surface area contributed by atoms with E-state index in [4.69, 9.17) is 9.97 Å². The first-order valence-electron chi connectivity index (χ1n) is 18.7. The lowest BCUT2D eigenvalue weighted by atomic mass is 9.98. The minimum atomic E-state index is 0. The standard InChI is InChI=1S/C42H58N4.2ClH/c1-3-4-5-6-7-8-9-10-11-12-13-14-15-16-17-18-19-20-21-22-40-33(2)41-31-38-27-25-36(44-38)29-34-23-24-35(43-34)30-37-26-28-39(45-37)32-42(40)46-41;;/h23-32,43,45H,3-22H2,1-2H3;2*1H/p-1. The van der Waals surface area contributed by atoms with Crippen molar-refractivity contribution in [1.29, 1.82) is 0 Å². The van der Waals surface area contributed by atoms with Gasteiger partial charge < -0.3 is 22.4 Å². The van der Waals surface area contributed by atoms with E-state index in [1.54, 1.807) is 0 Å². The predicted molar refractivity (Wildman–Crippen MR) is 208 cm³/mol. The Morgan fingerprint density at radius 3 is 1.40 bits per heavy atom. The van der Waals surface area contributed by atoms with Gasteiger partial charge in [0.15, 0.2) is 0 Å². The molecule has 0 aliphatic carbocycles. The van der Waals surface area contributed by atoms with Gasteiger partial charge in [-0.1, -0.05) is 122 Å². The van der Waals surface area contributed by atoms with Crippen LogP contribution in [-0.4, -0.2) is 19.9 Å². The molecule has 2 N–H and O–H groups in total. The van der Waals surface area contributed by atoms with Crippen molar-refractivity contribution in [2.75, 3.05) is 0 Å². The number of hydrogen-bond acceptors (Lipinski definition) is 2. The van der Waals surface area contributed by atoms with Crippen LogP contribution in [0.2, 0.25) is 0 Å². The molecule has 0 amide bonds. The Balaban J connectivity index is 0.00000312. The number of unbranched alkanes of at least 4 members (excludes halogenated alkanes) is 18. The number of fused-ring (bicyclic) bond motifs is 8. The van der Waals surface area contributed by atoms with E-state index in [1.807, 2.05) is 0 Å². The number of rotatable bonds is 20. The number of aromatic amines is 2. The number of nitrogens with one attached hydrogen (secondary N) is 2. The molecule has 3 aromatic heterocycles. The van der Waals surface area contributed by atoms with E-state index >= 15 is 0 Å². The summed E-state index contributed by atoms with van der Waals surface area (Å²) in [5.74, 6) is 0. The minimum Gasteiger partial charge on any atom is -1.00 e. The summed E-state index contributed by atoms with van der Waals surface area (Å²) in [5.41, 5.74) is 11.0. The van der Waals surface area contributed by atoms with E-state index in [0.29, 0.717) is 0 Å². The molecule has 2 aliphatic rings. The summed E-state index contributed by atoms with van der Waals surface area (Å²) in [4.78, 5) is 17.0. The monoisotopic (exact) mass is 689 g/mol. The van der Waals surface area contributed by atoms with E-state index in [2.05, 4.69) is 84.5 Å². The molecule has 0 radical (unpaired) electrons. The van der Waals surface area contributed by atoms with E-state index in [9.17, 15) is 0 Å². The third-order valence-electron chi connectivity index (χ3n) is 9.75. The van der Waals surface area contributed by atoms with Crippen molar-refractivity contribution in [2.45, 2.75) is 142 Å². The maximum atomic E-state index is 5.12. The fourth-order valence-electron chi connectivity index (χ4n) is 6.95. The molecule has 3 aromatic rings. The number of H-pyrrole nitrogens is 2. The third kappa shape index (κ3) is 12.9. The number of hydrogen-bond donors (Lipinski definition) is 2. The van der Waals surface area contributed by atoms with Crippen molar-refractivity contribution in [3.05, 3.63) is 71.3 Å². The highest BCUT2D eigenvalue weighted by molar-refractivity contribution is 5.92. The topological polar surface area (TPSA) is 57.4 Å². The molecule has 0 saturated heterocycles. The largest absolute Gasteiger partial charge is 1.00 e. The molecule has 5 heterocycles. The predicted octanol–water partition coefficient (Wildman–Crippen LogP) is 10.7. The van der Waals surface area contributed by atoms with Crippen LogP contribution in [0.4, 0.5) is 0 Å². The molecule has 0 saturated carbocycles. The smallest absolute Gasteiger partial charge is 0.0693 e. The van der Waals surface area contributed by atoms with Gasteiger partial charge in [-0.05, 0) is 91.6 Å². The lowest BCUT2D eigenvalue weighted by Crippen LogP contribution is -3.00.